The van der Waals surface area contributed by atoms with Gasteiger partial charge in [0.2, 0.25) is 0 Å². The molecule has 0 aromatic heterocycles. The minimum Gasteiger partial charge on any atom is -0.495 e. The van der Waals surface area contributed by atoms with Crippen molar-refractivity contribution in [1.82, 2.24) is 0 Å². The Labute approximate surface area is 102 Å². The molecular weight excluding hydrogens is 212 g/mol. The highest BCUT2D eigenvalue weighted by Gasteiger charge is 2.44. The molecule has 0 radical (unpaired) electrons. The number of hydrogen-bond acceptors (Lipinski definition) is 3. The second-order valence-electron chi connectivity index (χ2n) is 4.54. The molecule has 3 heteroatoms. The second-order valence-corrected chi connectivity index (χ2v) is 4.54. The fourth-order valence-electron chi connectivity index (χ4n) is 2.24. The van der Waals surface area contributed by atoms with Crippen molar-refractivity contribution in [2.24, 2.45) is 5.92 Å². The van der Waals surface area contributed by atoms with Gasteiger partial charge in [0.1, 0.15) is 11.3 Å². The molecular formula is C14H18N2O. The van der Waals surface area contributed by atoms with Gasteiger partial charge in [-0.3, -0.25) is 0 Å². The van der Waals surface area contributed by atoms with Crippen LogP contribution in [0.4, 0.5) is 5.69 Å². The summed E-state index contributed by atoms with van der Waals surface area (Å²) in [6, 6.07) is 10.2. The standard InChI is InChI=1S/C14H18N2O/c1-3-14(10-15,11-8-9-11)16-12-6-4-5-7-13(12)17-2/h4-7,11,16H,3,8-9H2,1-2H3. The summed E-state index contributed by atoms with van der Waals surface area (Å²) >= 11 is 0. The summed E-state index contributed by atoms with van der Waals surface area (Å²) < 4.78 is 5.31. The summed E-state index contributed by atoms with van der Waals surface area (Å²) in [6.07, 6.45) is 3.10. The lowest BCUT2D eigenvalue weighted by Crippen LogP contribution is -2.38. The largest absolute Gasteiger partial charge is 0.495 e. The summed E-state index contributed by atoms with van der Waals surface area (Å²) in [4.78, 5) is 0. The monoisotopic (exact) mass is 230 g/mol. The predicted molar refractivity (Wildman–Crippen MR) is 68.0 cm³/mol. The lowest BCUT2D eigenvalue weighted by molar-refractivity contribution is 0.413. The molecule has 2 rings (SSSR count). The first-order valence-electron chi connectivity index (χ1n) is 6.08. The molecule has 90 valence electrons. The van der Waals surface area contributed by atoms with E-state index in [-0.39, 0.29) is 0 Å². The van der Waals surface area contributed by atoms with E-state index in [1.165, 1.54) is 0 Å². The summed E-state index contributed by atoms with van der Waals surface area (Å²) in [5.74, 6) is 1.27. The first kappa shape index (κ1) is 11.8. The van der Waals surface area contributed by atoms with Crippen molar-refractivity contribution in [3.8, 4) is 11.8 Å². The number of methoxy groups -OCH3 is 1. The van der Waals surface area contributed by atoms with E-state index in [2.05, 4.69) is 18.3 Å². The van der Waals surface area contributed by atoms with Gasteiger partial charge >= 0.3 is 0 Å². The van der Waals surface area contributed by atoms with Crippen molar-refractivity contribution < 1.29 is 4.74 Å². The van der Waals surface area contributed by atoms with Crippen molar-refractivity contribution in [3.63, 3.8) is 0 Å². The molecule has 1 unspecified atom stereocenters. The van der Waals surface area contributed by atoms with Crippen molar-refractivity contribution in [2.75, 3.05) is 12.4 Å². The Hall–Kier alpha value is -1.69. The van der Waals surface area contributed by atoms with Crippen LogP contribution in [0.1, 0.15) is 26.2 Å². The van der Waals surface area contributed by atoms with Crippen LogP contribution in [-0.2, 0) is 0 Å². The van der Waals surface area contributed by atoms with E-state index in [9.17, 15) is 5.26 Å². The van der Waals surface area contributed by atoms with Crippen LogP contribution in [0.25, 0.3) is 0 Å². The maximum atomic E-state index is 9.46. The Morgan fingerprint density at radius 2 is 2.18 bits per heavy atom. The van der Waals surface area contributed by atoms with Gasteiger partial charge in [-0.05, 0) is 37.3 Å². The van der Waals surface area contributed by atoms with E-state index in [1.807, 2.05) is 24.3 Å². The molecule has 1 aliphatic rings. The summed E-state index contributed by atoms with van der Waals surface area (Å²) in [6.45, 7) is 2.06. The molecule has 0 aliphatic heterocycles. The van der Waals surface area contributed by atoms with Gasteiger partial charge in [0.15, 0.2) is 0 Å². The van der Waals surface area contributed by atoms with Gasteiger partial charge < -0.3 is 10.1 Å². The smallest absolute Gasteiger partial charge is 0.141 e. The van der Waals surface area contributed by atoms with E-state index in [4.69, 9.17) is 4.74 Å². The molecule has 1 aromatic carbocycles. The predicted octanol–water partition coefficient (Wildman–Crippen LogP) is 3.19. The van der Waals surface area contributed by atoms with Crippen LogP contribution in [0.3, 0.4) is 0 Å². The highest BCUT2D eigenvalue weighted by atomic mass is 16.5. The SMILES string of the molecule is CCC(C#N)(Nc1ccccc1OC)C1CC1. The quantitative estimate of drug-likeness (QED) is 0.844. The van der Waals surface area contributed by atoms with Crippen LogP contribution >= 0.6 is 0 Å². The van der Waals surface area contributed by atoms with Gasteiger partial charge in [0.25, 0.3) is 0 Å². The van der Waals surface area contributed by atoms with Crippen LogP contribution in [0.15, 0.2) is 24.3 Å². The second kappa shape index (κ2) is 4.67. The number of hydrogen-bond donors (Lipinski definition) is 1. The molecule has 1 fully saturated rings. The first-order valence-corrected chi connectivity index (χ1v) is 6.08. The Balaban J connectivity index is 2.26. The highest BCUT2D eigenvalue weighted by molar-refractivity contribution is 5.59. The first-order chi connectivity index (χ1) is 8.25. The van der Waals surface area contributed by atoms with Crippen molar-refractivity contribution in [2.45, 2.75) is 31.7 Å². The maximum absolute atomic E-state index is 9.46. The number of benzene rings is 1. The van der Waals surface area contributed by atoms with Crippen molar-refractivity contribution in [1.29, 1.82) is 5.26 Å². The molecule has 17 heavy (non-hydrogen) atoms. The van der Waals surface area contributed by atoms with Gasteiger partial charge in [0, 0.05) is 0 Å². The van der Waals surface area contributed by atoms with E-state index < -0.39 is 5.54 Å². The number of para-hydroxylation sites is 2. The molecule has 0 amide bonds. The molecule has 1 atom stereocenters. The van der Waals surface area contributed by atoms with Crippen LogP contribution < -0.4 is 10.1 Å². The van der Waals surface area contributed by atoms with Gasteiger partial charge in [0.05, 0.1) is 18.9 Å². The fraction of sp³-hybridized carbons (Fsp3) is 0.500. The zero-order chi connectivity index (χ0) is 12.3. The number of rotatable bonds is 5. The lowest BCUT2D eigenvalue weighted by Gasteiger charge is -2.28. The summed E-state index contributed by atoms with van der Waals surface area (Å²) in [5, 5.41) is 12.8. The summed E-state index contributed by atoms with van der Waals surface area (Å²) in [7, 11) is 1.65. The van der Waals surface area contributed by atoms with E-state index in [0.29, 0.717) is 5.92 Å². The van der Waals surface area contributed by atoms with Crippen LogP contribution in [0, 0.1) is 17.2 Å². The Kier molecular flexibility index (Phi) is 3.23. The number of anilines is 1. The summed E-state index contributed by atoms with van der Waals surface area (Å²) in [5.41, 5.74) is 0.472. The normalized spacial score (nSPS) is 17.9. The van der Waals surface area contributed by atoms with Gasteiger partial charge in [-0.15, -0.1) is 0 Å². The highest BCUT2D eigenvalue weighted by Crippen LogP contribution is 2.44. The van der Waals surface area contributed by atoms with Gasteiger partial charge in [-0.25, -0.2) is 0 Å². The number of nitrogens with one attached hydrogen (secondary N) is 1. The molecule has 0 spiro atoms. The van der Waals surface area contributed by atoms with Gasteiger partial charge in [-0.1, -0.05) is 19.1 Å². The van der Waals surface area contributed by atoms with E-state index in [0.717, 1.165) is 30.7 Å². The molecule has 0 heterocycles. The van der Waals surface area contributed by atoms with Crippen molar-refractivity contribution in [3.05, 3.63) is 24.3 Å². The molecule has 1 N–H and O–H groups in total. The molecule has 1 saturated carbocycles. The third-order valence-electron chi connectivity index (χ3n) is 3.50. The van der Waals surface area contributed by atoms with Gasteiger partial charge in [-0.2, -0.15) is 5.26 Å². The molecule has 0 saturated heterocycles. The van der Waals surface area contributed by atoms with E-state index >= 15 is 0 Å². The van der Waals surface area contributed by atoms with Crippen LogP contribution in [0.5, 0.6) is 5.75 Å². The zero-order valence-corrected chi connectivity index (χ0v) is 10.4. The van der Waals surface area contributed by atoms with E-state index in [1.54, 1.807) is 7.11 Å². The third-order valence-corrected chi connectivity index (χ3v) is 3.50. The minimum absolute atomic E-state index is 0.436. The van der Waals surface area contributed by atoms with Crippen LogP contribution in [-0.4, -0.2) is 12.6 Å². The Morgan fingerprint density at radius 3 is 2.71 bits per heavy atom. The fourth-order valence-corrected chi connectivity index (χ4v) is 2.24. The minimum atomic E-state index is -0.436. The maximum Gasteiger partial charge on any atom is 0.141 e. The average molecular weight is 230 g/mol. The topological polar surface area (TPSA) is 45.0 Å². The average Bonchev–Trinajstić information content (AvgIpc) is 3.21. The molecule has 1 aliphatic carbocycles. The van der Waals surface area contributed by atoms with Crippen molar-refractivity contribution >= 4 is 5.69 Å². The molecule has 3 nitrogen and oxygen atoms in total. The zero-order valence-electron chi connectivity index (χ0n) is 10.4. The molecule has 0 bridgehead atoms. The Bertz CT molecular complexity index is 434. The Morgan fingerprint density at radius 1 is 1.47 bits per heavy atom. The number of nitrogens with zero attached hydrogens (tertiary/aromatic N) is 1. The molecule has 1 aromatic rings. The number of nitriles is 1. The van der Waals surface area contributed by atoms with Crippen LogP contribution in [0.2, 0.25) is 0 Å². The lowest BCUT2D eigenvalue weighted by atomic mass is 9.91. The number of ether oxygens (including phenoxy) is 1. The third kappa shape index (κ3) is 2.21.